The highest BCUT2D eigenvalue weighted by molar-refractivity contribution is 6.71. The van der Waals surface area contributed by atoms with Crippen molar-refractivity contribution in [1.29, 1.82) is 0 Å². The Morgan fingerprint density at radius 1 is 1.36 bits per heavy atom. The number of carbonyl (C=O) groups excluding carboxylic acids is 1. The summed E-state index contributed by atoms with van der Waals surface area (Å²) in [5.41, 5.74) is 0.843. The average Bonchev–Trinajstić information content (AvgIpc) is 1.80. The second-order valence-corrected chi connectivity index (χ2v) is 7.92. The molecule has 11 heavy (non-hydrogen) atoms. The molecular weight excluding hydrogens is 156 g/mol. The first kappa shape index (κ1) is 10.4. The second-order valence-electron chi connectivity index (χ2n) is 3.49. The molecule has 0 heterocycles. The van der Waals surface area contributed by atoms with Gasteiger partial charge in [-0.25, -0.2) is 0 Å². The van der Waals surface area contributed by atoms with Crippen molar-refractivity contribution in [2.75, 3.05) is 7.11 Å². The van der Waals surface area contributed by atoms with Gasteiger partial charge in [0.15, 0.2) is 7.11 Å². The van der Waals surface area contributed by atoms with Gasteiger partial charge < -0.3 is 8.85 Å². The Labute approximate surface area is 69.7 Å². The van der Waals surface area contributed by atoms with Crippen molar-refractivity contribution < 1.29 is 8.85 Å². The van der Waals surface area contributed by atoms with Crippen LogP contribution in [0.5, 0.6) is 0 Å². The van der Waals surface area contributed by atoms with Crippen LogP contribution in [0.2, 0.25) is 19.6 Å². The van der Waals surface area contributed by atoms with Crippen molar-refractivity contribution in [2.45, 2.75) is 26.6 Å². The van der Waals surface area contributed by atoms with E-state index in [2.05, 4.69) is 26.2 Å². The maximum atomic E-state index is 5.58. The molecule has 0 saturated carbocycles. The molecule has 0 fully saturated rings. The highest BCUT2D eigenvalue weighted by Gasteiger charge is 2.30. The maximum absolute atomic E-state index is 5.58. The molecule has 2 nitrogen and oxygen atoms in total. The molecule has 0 bridgehead atoms. The predicted octanol–water partition coefficient (Wildman–Crippen LogP) is 2.11. The standard InChI is InChI=1S/C8H17O2Si/c1-7(2)8(9-3)10-11(4,5)6/h1H2,2-6H3/q+1. The number of rotatable bonds is 2. The van der Waals surface area contributed by atoms with Crippen LogP contribution in [0.15, 0.2) is 12.2 Å². The van der Waals surface area contributed by atoms with E-state index in [0.29, 0.717) is 5.97 Å². The predicted molar refractivity (Wildman–Crippen MR) is 50.2 cm³/mol. The largest absolute Gasteiger partial charge is 0.492 e. The topological polar surface area (TPSA) is 20.5 Å². The minimum atomic E-state index is -1.53. The van der Waals surface area contributed by atoms with Gasteiger partial charge in [-0.3, -0.25) is 0 Å². The Hall–Kier alpha value is -0.573. The fourth-order valence-corrected chi connectivity index (χ4v) is 1.39. The molecule has 0 unspecified atom stereocenters. The first-order valence-electron chi connectivity index (χ1n) is 3.62. The SMILES string of the molecule is C=C(C)C(O[Si](C)(C)C)=[O+]C. The van der Waals surface area contributed by atoms with E-state index >= 15 is 0 Å². The lowest BCUT2D eigenvalue weighted by molar-refractivity contribution is -0.428. The van der Waals surface area contributed by atoms with Crippen molar-refractivity contribution in [2.24, 2.45) is 0 Å². The Morgan fingerprint density at radius 3 is 1.91 bits per heavy atom. The fraction of sp³-hybridized carbons (Fsp3) is 0.625. The van der Waals surface area contributed by atoms with Gasteiger partial charge in [0, 0.05) is 0 Å². The minimum absolute atomic E-state index is 0.573. The Balaban J connectivity index is 4.24. The van der Waals surface area contributed by atoms with Crippen LogP contribution >= 0.6 is 0 Å². The summed E-state index contributed by atoms with van der Waals surface area (Å²) in [5.74, 6) is 0.573. The van der Waals surface area contributed by atoms with E-state index in [9.17, 15) is 0 Å². The molecule has 0 saturated heterocycles. The molecule has 0 atom stereocenters. The zero-order valence-corrected chi connectivity index (χ0v) is 9.02. The van der Waals surface area contributed by atoms with Gasteiger partial charge in [0.25, 0.3) is 0 Å². The highest BCUT2D eigenvalue weighted by atomic mass is 28.4. The Bertz CT molecular complexity index is 177. The van der Waals surface area contributed by atoms with E-state index in [-0.39, 0.29) is 0 Å². The molecule has 3 heteroatoms. The molecule has 0 aliphatic rings. The summed E-state index contributed by atoms with van der Waals surface area (Å²) < 4.78 is 10.6. The van der Waals surface area contributed by atoms with Crippen LogP contribution in [-0.2, 0) is 8.85 Å². The summed E-state index contributed by atoms with van der Waals surface area (Å²) in [4.78, 5) is 0. The zero-order valence-electron chi connectivity index (χ0n) is 8.02. The average molecular weight is 173 g/mol. The van der Waals surface area contributed by atoms with Crippen LogP contribution in [0.25, 0.3) is 0 Å². The van der Waals surface area contributed by atoms with Gasteiger partial charge in [0.1, 0.15) is 0 Å². The van der Waals surface area contributed by atoms with Crippen molar-refractivity contribution in [3.05, 3.63) is 12.2 Å². The smallest absolute Gasteiger partial charge is 0.408 e. The van der Waals surface area contributed by atoms with E-state index in [4.69, 9.17) is 8.85 Å². The van der Waals surface area contributed by atoms with Gasteiger partial charge in [-0.05, 0) is 26.6 Å². The molecule has 0 N–H and O–H groups in total. The molecule has 0 aromatic rings. The molecular formula is C8H17O2Si+. The highest BCUT2D eigenvalue weighted by Crippen LogP contribution is 2.06. The third-order valence-electron chi connectivity index (χ3n) is 0.933. The Morgan fingerprint density at radius 2 is 1.82 bits per heavy atom. The minimum Gasteiger partial charge on any atom is -0.408 e. The quantitative estimate of drug-likeness (QED) is 0.356. The van der Waals surface area contributed by atoms with Crippen LogP contribution < -0.4 is 0 Å². The van der Waals surface area contributed by atoms with E-state index in [1.807, 2.05) is 6.92 Å². The summed E-state index contributed by atoms with van der Waals surface area (Å²) in [6.45, 7) is 11.9. The van der Waals surface area contributed by atoms with Gasteiger partial charge >= 0.3 is 14.3 Å². The van der Waals surface area contributed by atoms with E-state index in [1.54, 1.807) is 7.11 Å². The third-order valence-corrected chi connectivity index (χ3v) is 1.73. The summed E-state index contributed by atoms with van der Waals surface area (Å²) in [7, 11) is 0.0744. The zero-order chi connectivity index (χ0) is 9.07. The number of hydrogen-bond donors (Lipinski definition) is 0. The van der Waals surface area contributed by atoms with Crippen LogP contribution in [0.4, 0.5) is 0 Å². The molecule has 0 rings (SSSR count). The molecule has 0 spiro atoms. The van der Waals surface area contributed by atoms with E-state index < -0.39 is 8.32 Å². The Kier molecular flexibility index (Phi) is 3.52. The monoisotopic (exact) mass is 173 g/mol. The van der Waals surface area contributed by atoms with Crippen LogP contribution in [-0.4, -0.2) is 21.4 Å². The van der Waals surface area contributed by atoms with Crippen LogP contribution in [0.3, 0.4) is 0 Å². The summed E-state index contributed by atoms with van der Waals surface area (Å²) in [6, 6.07) is 0. The third kappa shape index (κ3) is 4.78. The van der Waals surface area contributed by atoms with Crippen LogP contribution in [0.1, 0.15) is 6.92 Å². The summed E-state index contributed by atoms with van der Waals surface area (Å²) >= 11 is 0. The molecule has 0 aromatic carbocycles. The number of hydrogen-bond acceptors (Lipinski definition) is 1. The van der Waals surface area contributed by atoms with Gasteiger partial charge in [-0.1, -0.05) is 6.58 Å². The molecule has 0 amide bonds. The second kappa shape index (κ2) is 3.71. The van der Waals surface area contributed by atoms with Crippen molar-refractivity contribution in [3.63, 3.8) is 0 Å². The van der Waals surface area contributed by atoms with E-state index in [1.165, 1.54) is 0 Å². The van der Waals surface area contributed by atoms with Crippen LogP contribution in [0, 0.1) is 0 Å². The summed E-state index contributed by atoms with van der Waals surface area (Å²) in [5, 5.41) is 0. The lowest BCUT2D eigenvalue weighted by atomic mass is 10.4. The molecule has 0 aliphatic carbocycles. The first-order valence-corrected chi connectivity index (χ1v) is 7.03. The van der Waals surface area contributed by atoms with Gasteiger partial charge in [-0.15, -0.1) is 0 Å². The summed E-state index contributed by atoms with van der Waals surface area (Å²) in [6.07, 6.45) is 0. The van der Waals surface area contributed by atoms with Crippen molar-refractivity contribution >= 4 is 14.3 Å². The molecule has 0 radical (unpaired) electrons. The van der Waals surface area contributed by atoms with Crippen molar-refractivity contribution in [3.8, 4) is 0 Å². The normalized spacial score (nSPS) is 13.0. The van der Waals surface area contributed by atoms with Gasteiger partial charge in [0.2, 0.25) is 0 Å². The molecule has 64 valence electrons. The fourth-order valence-electron chi connectivity index (χ4n) is 0.581. The molecule has 0 aliphatic heterocycles. The van der Waals surface area contributed by atoms with Gasteiger partial charge in [-0.2, -0.15) is 0 Å². The lowest BCUT2D eigenvalue weighted by Gasteiger charge is -2.07. The lowest BCUT2D eigenvalue weighted by Crippen LogP contribution is -2.30. The van der Waals surface area contributed by atoms with Gasteiger partial charge in [0.05, 0.1) is 5.57 Å². The first-order chi connectivity index (χ1) is 4.87. The maximum Gasteiger partial charge on any atom is 0.492 e. The van der Waals surface area contributed by atoms with Crippen molar-refractivity contribution in [1.82, 2.24) is 0 Å². The molecule has 0 aromatic heterocycles. The van der Waals surface area contributed by atoms with E-state index in [0.717, 1.165) is 5.57 Å².